The Morgan fingerprint density at radius 1 is 1.15 bits per heavy atom. The summed E-state index contributed by atoms with van der Waals surface area (Å²) in [5, 5.41) is 25.6. The van der Waals surface area contributed by atoms with Crippen LogP contribution >= 0.6 is 23.6 Å². The number of rotatable bonds is 6. The Hall–Kier alpha value is -2.54. The SMILES string of the molecule is CCc1ccccc1NC(=S)/C(=C(/O)c1cccs1)[n+]1cccc(CO)c1. The van der Waals surface area contributed by atoms with E-state index < -0.39 is 0 Å². The zero-order chi connectivity index (χ0) is 19.2. The van der Waals surface area contributed by atoms with Gasteiger partial charge in [-0.3, -0.25) is 0 Å². The van der Waals surface area contributed by atoms with E-state index in [0.29, 0.717) is 10.7 Å². The van der Waals surface area contributed by atoms with Crippen molar-refractivity contribution in [3.8, 4) is 0 Å². The molecule has 0 unspecified atom stereocenters. The largest absolute Gasteiger partial charge is 0.501 e. The van der Waals surface area contributed by atoms with Crippen molar-refractivity contribution in [2.75, 3.05) is 5.32 Å². The van der Waals surface area contributed by atoms with Crippen LogP contribution in [-0.4, -0.2) is 15.2 Å². The lowest BCUT2D eigenvalue weighted by Gasteiger charge is -2.12. The summed E-state index contributed by atoms with van der Waals surface area (Å²) in [5.74, 6) is 0.0940. The Balaban J connectivity index is 2.07. The van der Waals surface area contributed by atoms with Crippen molar-refractivity contribution in [2.24, 2.45) is 0 Å². The standard InChI is InChI=1S/C21H20N2O2S2/c1-2-16-8-3-4-9-17(16)22-21(26)19(20(25)18-10-6-12-27-18)23-11-5-7-15(13-23)14-24/h3-13,24H,2,14H2,1H3,(H-,22,25,26)/p+1. The lowest BCUT2D eigenvalue weighted by Crippen LogP contribution is -2.39. The summed E-state index contributed by atoms with van der Waals surface area (Å²) in [7, 11) is 0. The van der Waals surface area contributed by atoms with Crippen molar-refractivity contribution >= 4 is 45.7 Å². The molecule has 4 nitrogen and oxygen atoms in total. The summed E-state index contributed by atoms with van der Waals surface area (Å²) in [6, 6.07) is 15.3. The van der Waals surface area contributed by atoms with Gasteiger partial charge in [-0.05, 0) is 35.6 Å². The van der Waals surface area contributed by atoms with Crippen LogP contribution in [0, 0.1) is 0 Å². The van der Waals surface area contributed by atoms with Gasteiger partial charge in [-0.15, -0.1) is 11.3 Å². The molecule has 0 atom stereocenters. The van der Waals surface area contributed by atoms with Gasteiger partial charge in [0.25, 0.3) is 5.70 Å². The quantitative estimate of drug-likeness (QED) is 0.250. The van der Waals surface area contributed by atoms with Gasteiger partial charge in [0.15, 0.2) is 17.4 Å². The molecule has 2 aromatic heterocycles. The van der Waals surface area contributed by atoms with Crippen LogP contribution in [0.25, 0.3) is 11.5 Å². The number of aromatic nitrogens is 1. The van der Waals surface area contributed by atoms with Gasteiger partial charge >= 0.3 is 0 Å². The number of pyridine rings is 1. The first-order valence-corrected chi connectivity index (χ1v) is 9.90. The number of anilines is 1. The molecule has 6 heteroatoms. The summed E-state index contributed by atoms with van der Waals surface area (Å²) in [6.07, 6.45) is 4.44. The van der Waals surface area contributed by atoms with Gasteiger partial charge in [0.1, 0.15) is 0 Å². The highest BCUT2D eigenvalue weighted by Gasteiger charge is 2.25. The fourth-order valence-electron chi connectivity index (χ4n) is 2.77. The van der Waals surface area contributed by atoms with Crippen LogP contribution < -0.4 is 9.88 Å². The zero-order valence-electron chi connectivity index (χ0n) is 14.9. The van der Waals surface area contributed by atoms with Crippen LogP contribution in [0.5, 0.6) is 0 Å². The molecule has 0 bridgehead atoms. The second kappa shape index (κ2) is 8.90. The number of nitrogens with one attached hydrogen (secondary N) is 1. The Kier molecular flexibility index (Phi) is 6.34. The predicted molar refractivity (Wildman–Crippen MR) is 115 cm³/mol. The molecule has 3 N–H and O–H groups in total. The van der Waals surface area contributed by atoms with E-state index in [4.69, 9.17) is 12.2 Å². The molecule has 138 valence electrons. The molecule has 27 heavy (non-hydrogen) atoms. The number of thiocarbonyl (C=S) groups is 1. The maximum Gasteiger partial charge on any atom is 0.289 e. The third-order valence-electron chi connectivity index (χ3n) is 4.14. The van der Waals surface area contributed by atoms with Crippen LogP contribution in [0.15, 0.2) is 66.3 Å². The summed E-state index contributed by atoms with van der Waals surface area (Å²) < 4.78 is 1.74. The lowest BCUT2D eigenvalue weighted by molar-refractivity contribution is -0.576. The Morgan fingerprint density at radius 2 is 1.96 bits per heavy atom. The number of aliphatic hydroxyl groups is 2. The normalized spacial score (nSPS) is 11.8. The summed E-state index contributed by atoms with van der Waals surface area (Å²) in [5.41, 5.74) is 3.25. The van der Waals surface area contributed by atoms with Crippen molar-refractivity contribution in [3.05, 3.63) is 82.3 Å². The maximum atomic E-state index is 10.9. The van der Waals surface area contributed by atoms with Crippen LogP contribution in [0.2, 0.25) is 0 Å². The van der Waals surface area contributed by atoms with Gasteiger partial charge in [0.2, 0.25) is 5.76 Å². The van der Waals surface area contributed by atoms with E-state index >= 15 is 0 Å². The number of thiophene rings is 1. The molecule has 0 aliphatic carbocycles. The molecule has 0 spiro atoms. The molecular formula is C21H21N2O2S2+. The van der Waals surface area contributed by atoms with Crippen molar-refractivity contribution in [2.45, 2.75) is 20.0 Å². The molecule has 0 radical (unpaired) electrons. The molecule has 0 saturated heterocycles. The molecule has 0 aliphatic rings. The van der Waals surface area contributed by atoms with Gasteiger partial charge in [-0.2, -0.15) is 4.57 Å². The average Bonchev–Trinajstić information content (AvgIpc) is 3.23. The zero-order valence-corrected chi connectivity index (χ0v) is 16.6. The minimum Gasteiger partial charge on any atom is -0.501 e. The first-order chi connectivity index (χ1) is 13.1. The third-order valence-corrected chi connectivity index (χ3v) is 5.32. The lowest BCUT2D eigenvalue weighted by atomic mass is 10.1. The fraction of sp³-hybridized carbons (Fsp3) is 0.143. The molecule has 0 saturated carbocycles. The van der Waals surface area contributed by atoms with Crippen molar-refractivity contribution in [3.63, 3.8) is 0 Å². The second-order valence-corrected chi connectivity index (χ2v) is 7.27. The minimum atomic E-state index is -0.0905. The van der Waals surface area contributed by atoms with E-state index in [2.05, 4.69) is 12.2 Å². The number of benzene rings is 1. The molecule has 3 aromatic rings. The second-order valence-electron chi connectivity index (χ2n) is 5.92. The van der Waals surface area contributed by atoms with Gasteiger partial charge in [-0.1, -0.05) is 43.4 Å². The minimum absolute atomic E-state index is 0.0905. The van der Waals surface area contributed by atoms with Crippen LogP contribution in [0.4, 0.5) is 5.69 Å². The molecule has 0 amide bonds. The van der Waals surface area contributed by atoms with E-state index in [1.54, 1.807) is 17.0 Å². The highest BCUT2D eigenvalue weighted by molar-refractivity contribution is 7.81. The van der Waals surface area contributed by atoms with Crippen molar-refractivity contribution in [1.29, 1.82) is 0 Å². The monoisotopic (exact) mass is 397 g/mol. The molecular weight excluding hydrogens is 376 g/mol. The molecule has 3 rings (SSSR count). The molecule has 1 aromatic carbocycles. The Bertz CT molecular complexity index is 966. The Labute approximate surface area is 168 Å². The molecule has 0 fully saturated rings. The van der Waals surface area contributed by atoms with Gasteiger partial charge in [-0.25, -0.2) is 0 Å². The average molecular weight is 398 g/mol. The molecule has 2 heterocycles. The number of hydrogen-bond donors (Lipinski definition) is 3. The van der Waals surface area contributed by atoms with E-state index in [-0.39, 0.29) is 12.4 Å². The third kappa shape index (κ3) is 4.42. The van der Waals surface area contributed by atoms with E-state index in [0.717, 1.165) is 28.1 Å². The van der Waals surface area contributed by atoms with Gasteiger partial charge in [0.05, 0.1) is 11.5 Å². The maximum absolute atomic E-state index is 10.9. The van der Waals surface area contributed by atoms with E-state index in [1.807, 2.05) is 53.9 Å². The number of aryl methyl sites for hydroxylation is 1. The highest BCUT2D eigenvalue weighted by Crippen LogP contribution is 2.24. The number of aliphatic hydroxyl groups excluding tert-OH is 2. The van der Waals surface area contributed by atoms with Crippen molar-refractivity contribution < 1.29 is 14.8 Å². The first-order valence-electron chi connectivity index (χ1n) is 8.61. The smallest absolute Gasteiger partial charge is 0.289 e. The molecule has 0 aliphatic heterocycles. The van der Waals surface area contributed by atoms with Gasteiger partial charge in [0, 0.05) is 17.3 Å². The van der Waals surface area contributed by atoms with E-state index in [1.165, 1.54) is 11.3 Å². The number of para-hydroxylation sites is 1. The van der Waals surface area contributed by atoms with E-state index in [9.17, 15) is 10.2 Å². The van der Waals surface area contributed by atoms with Gasteiger partial charge < -0.3 is 15.5 Å². The summed E-state index contributed by atoms with van der Waals surface area (Å²) in [4.78, 5) is 1.13. The van der Waals surface area contributed by atoms with Crippen LogP contribution in [0.3, 0.4) is 0 Å². The number of nitrogens with zero attached hydrogens (tertiary/aromatic N) is 1. The number of hydrogen-bond acceptors (Lipinski definition) is 4. The predicted octanol–water partition coefficient (Wildman–Crippen LogP) is 4.41. The fourth-order valence-corrected chi connectivity index (χ4v) is 3.75. The summed E-state index contributed by atoms with van der Waals surface area (Å²) in [6.45, 7) is 2.00. The van der Waals surface area contributed by atoms with Crippen LogP contribution in [-0.2, 0) is 13.0 Å². The Morgan fingerprint density at radius 3 is 2.67 bits per heavy atom. The summed E-state index contributed by atoms with van der Waals surface area (Å²) >= 11 is 7.11. The highest BCUT2D eigenvalue weighted by atomic mass is 32.1. The van der Waals surface area contributed by atoms with Crippen LogP contribution in [0.1, 0.15) is 22.9 Å². The first kappa shape index (κ1) is 19.2. The van der Waals surface area contributed by atoms with Crippen molar-refractivity contribution in [1.82, 2.24) is 0 Å². The topological polar surface area (TPSA) is 56.4 Å².